The number of hydrogen-bond acceptors (Lipinski definition) is 4. The number of hydrogen-bond donors (Lipinski definition) is 1. The molecule has 0 atom stereocenters. The van der Waals surface area contributed by atoms with E-state index in [2.05, 4.69) is 14.7 Å². The van der Waals surface area contributed by atoms with Crippen LogP contribution in [0.2, 0.25) is 0 Å². The van der Waals surface area contributed by atoms with E-state index in [0.29, 0.717) is 5.82 Å². The molecule has 0 bridgehead atoms. The third-order valence-electron chi connectivity index (χ3n) is 2.67. The Morgan fingerprint density at radius 2 is 2.18 bits per heavy atom. The summed E-state index contributed by atoms with van der Waals surface area (Å²) in [5.74, 6) is 0.639. The SMILES string of the molecule is CCc1oc2ccccc2c1-c1noc(=O)[nH]1. The quantitative estimate of drug-likeness (QED) is 0.733. The van der Waals surface area contributed by atoms with Gasteiger partial charge in [-0.2, -0.15) is 0 Å². The first-order chi connectivity index (χ1) is 8.29. The first-order valence-electron chi connectivity index (χ1n) is 5.36. The fraction of sp³-hybridized carbons (Fsp3) is 0.167. The molecule has 86 valence electrons. The van der Waals surface area contributed by atoms with Crippen molar-refractivity contribution in [3.8, 4) is 11.4 Å². The normalized spacial score (nSPS) is 11.1. The minimum absolute atomic E-state index is 0.414. The van der Waals surface area contributed by atoms with Crippen LogP contribution in [0.3, 0.4) is 0 Å². The Morgan fingerprint density at radius 1 is 1.35 bits per heavy atom. The van der Waals surface area contributed by atoms with Gasteiger partial charge in [0.25, 0.3) is 0 Å². The van der Waals surface area contributed by atoms with E-state index in [0.717, 1.165) is 28.7 Å². The third-order valence-corrected chi connectivity index (χ3v) is 2.67. The maximum Gasteiger partial charge on any atom is 0.439 e. The van der Waals surface area contributed by atoms with Gasteiger partial charge >= 0.3 is 5.76 Å². The van der Waals surface area contributed by atoms with Gasteiger partial charge in [-0.15, -0.1) is 0 Å². The number of rotatable bonds is 2. The smallest absolute Gasteiger partial charge is 0.439 e. The molecule has 2 aromatic heterocycles. The molecule has 0 radical (unpaired) electrons. The zero-order chi connectivity index (χ0) is 11.8. The lowest BCUT2D eigenvalue weighted by Gasteiger charge is -1.94. The van der Waals surface area contributed by atoms with Gasteiger partial charge < -0.3 is 4.42 Å². The molecule has 0 fully saturated rings. The summed E-state index contributed by atoms with van der Waals surface area (Å²) in [5, 5.41) is 4.64. The molecule has 0 aliphatic rings. The fourth-order valence-corrected chi connectivity index (χ4v) is 1.94. The predicted octanol–water partition coefficient (Wildman–Crippen LogP) is 2.34. The first kappa shape index (κ1) is 9.89. The summed E-state index contributed by atoms with van der Waals surface area (Å²) in [5.41, 5.74) is 1.58. The number of aromatic amines is 1. The van der Waals surface area contributed by atoms with Crippen LogP contribution >= 0.6 is 0 Å². The molecule has 0 unspecified atom stereocenters. The van der Waals surface area contributed by atoms with Gasteiger partial charge in [-0.1, -0.05) is 30.3 Å². The predicted molar refractivity (Wildman–Crippen MR) is 61.7 cm³/mol. The van der Waals surface area contributed by atoms with Crippen LogP contribution in [0.25, 0.3) is 22.4 Å². The Morgan fingerprint density at radius 3 is 2.88 bits per heavy atom. The molecule has 1 N–H and O–H groups in total. The van der Waals surface area contributed by atoms with Crippen molar-refractivity contribution in [3.05, 3.63) is 40.6 Å². The van der Waals surface area contributed by atoms with Crippen LogP contribution < -0.4 is 5.76 Å². The molecule has 0 saturated carbocycles. The van der Waals surface area contributed by atoms with E-state index in [-0.39, 0.29) is 0 Å². The van der Waals surface area contributed by atoms with Crippen LogP contribution in [0.4, 0.5) is 0 Å². The van der Waals surface area contributed by atoms with Gasteiger partial charge in [0.05, 0.1) is 5.56 Å². The molecule has 5 heteroatoms. The molecule has 2 heterocycles. The largest absolute Gasteiger partial charge is 0.460 e. The molecule has 3 rings (SSSR count). The van der Waals surface area contributed by atoms with Crippen molar-refractivity contribution in [2.24, 2.45) is 0 Å². The minimum Gasteiger partial charge on any atom is -0.460 e. The lowest BCUT2D eigenvalue weighted by Crippen LogP contribution is -1.95. The van der Waals surface area contributed by atoms with Crippen molar-refractivity contribution in [1.82, 2.24) is 10.1 Å². The van der Waals surface area contributed by atoms with Crippen molar-refractivity contribution in [1.29, 1.82) is 0 Å². The average Bonchev–Trinajstić information content (AvgIpc) is 2.91. The minimum atomic E-state index is -0.563. The monoisotopic (exact) mass is 230 g/mol. The first-order valence-corrected chi connectivity index (χ1v) is 5.36. The summed E-state index contributed by atoms with van der Waals surface area (Å²) in [6.07, 6.45) is 0.721. The maximum atomic E-state index is 11.0. The van der Waals surface area contributed by atoms with Crippen LogP contribution in [0.5, 0.6) is 0 Å². The van der Waals surface area contributed by atoms with Crippen molar-refractivity contribution in [3.63, 3.8) is 0 Å². The summed E-state index contributed by atoms with van der Waals surface area (Å²) < 4.78 is 10.2. The number of nitrogens with zero attached hydrogens (tertiary/aromatic N) is 1. The summed E-state index contributed by atoms with van der Waals surface area (Å²) >= 11 is 0. The molecule has 1 aromatic carbocycles. The Bertz CT molecular complexity index is 721. The zero-order valence-electron chi connectivity index (χ0n) is 9.19. The maximum absolute atomic E-state index is 11.0. The summed E-state index contributed by atoms with van der Waals surface area (Å²) in [7, 11) is 0. The Hall–Kier alpha value is -2.30. The average molecular weight is 230 g/mol. The molecule has 5 nitrogen and oxygen atoms in total. The third kappa shape index (κ3) is 1.47. The topological polar surface area (TPSA) is 72.0 Å². The standard InChI is InChI=1S/C12H10N2O3/c1-2-8-10(11-13-12(15)17-14-11)7-5-3-4-6-9(7)16-8/h3-6H,2H2,1H3,(H,13,14,15). The number of para-hydroxylation sites is 1. The van der Waals surface area contributed by atoms with E-state index in [9.17, 15) is 4.79 Å². The molecule has 0 aliphatic carbocycles. The highest BCUT2D eigenvalue weighted by molar-refractivity contribution is 5.93. The van der Waals surface area contributed by atoms with E-state index in [1.807, 2.05) is 31.2 Å². The molecular weight excluding hydrogens is 220 g/mol. The molecule has 0 amide bonds. The second kappa shape index (κ2) is 3.62. The fourth-order valence-electron chi connectivity index (χ4n) is 1.94. The van der Waals surface area contributed by atoms with Crippen LogP contribution in [0.15, 0.2) is 38.0 Å². The van der Waals surface area contributed by atoms with Gasteiger partial charge in [0.2, 0.25) is 0 Å². The van der Waals surface area contributed by atoms with E-state index in [4.69, 9.17) is 4.42 Å². The summed E-state index contributed by atoms with van der Waals surface area (Å²) in [4.78, 5) is 13.6. The molecule has 3 aromatic rings. The second-order valence-electron chi connectivity index (χ2n) is 3.69. The number of nitrogens with one attached hydrogen (secondary N) is 1. The van der Waals surface area contributed by atoms with E-state index < -0.39 is 5.76 Å². The van der Waals surface area contributed by atoms with Gasteiger partial charge in [-0.25, -0.2) is 4.79 Å². The van der Waals surface area contributed by atoms with Crippen molar-refractivity contribution < 1.29 is 8.94 Å². The highest BCUT2D eigenvalue weighted by Gasteiger charge is 2.17. The van der Waals surface area contributed by atoms with Gasteiger partial charge in [-0.3, -0.25) is 9.51 Å². The number of aryl methyl sites for hydroxylation is 1. The van der Waals surface area contributed by atoms with E-state index in [1.165, 1.54) is 0 Å². The lowest BCUT2D eigenvalue weighted by atomic mass is 10.1. The van der Waals surface area contributed by atoms with Gasteiger partial charge in [-0.05, 0) is 6.07 Å². The number of aromatic nitrogens is 2. The highest BCUT2D eigenvalue weighted by Crippen LogP contribution is 2.32. The van der Waals surface area contributed by atoms with E-state index >= 15 is 0 Å². The lowest BCUT2D eigenvalue weighted by molar-refractivity contribution is 0.387. The Labute approximate surface area is 96.0 Å². The van der Waals surface area contributed by atoms with Gasteiger partial charge in [0.15, 0.2) is 5.82 Å². The summed E-state index contributed by atoms with van der Waals surface area (Å²) in [6, 6.07) is 7.64. The van der Waals surface area contributed by atoms with Crippen LogP contribution in [0, 0.1) is 0 Å². The van der Waals surface area contributed by atoms with Crippen LogP contribution in [-0.2, 0) is 6.42 Å². The zero-order valence-corrected chi connectivity index (χ0v) is 9.19. The highest BCUT2D eigenvalue weighted by atomic mass is 16.5. The second-order valence-corrected chi connectivity index (χ2v) is 3.69. The van der Waals surface area contributed by atoms with Crippen molar-refractivity contribution in [2.75, 3.05) is 0 Å². The number of fused-ring (bicyclic) bond motifs is 1. The number of H-pyrrole nitrogens is 1. The van der Waals surface area contributed by atoms with Crippen molar-refractivity contribution >= 4 is 11.0 Å². The molecule has 0 saturated heterocycles. The summed E-state index contributed by atoms with van der Waals surface area (Å²) in [6.45, 7) is 1.99. The Balaban J connectivity index is 2.36. The van der Waals surface area contributed by atoms with Crippen LogP contribution in [-0.4, -0.2) is 10.1 Å². The molecule has 0 spiro atoms. The Kier molecular flexibility index (Phi) is 2.11. The number of furan rings is 1. The molecular formula is C12H10N2O3. The van der Waals surface area contributed by atoms with Crippen LogP contribution in [0.1, 0.15) is 12.7 Å². The van der Waals surface area contributed by atoms with Gasteiger partial charge in [0, 0.05) is 11.8 Å². The van der Waals surface area contributed by atoms with E-state index in [1.54, 1.807) is 0 Å². The molecule has 0 aliphatic heterocycles. The van der Waals surface area contributed by atoms with Gasteiger partial charge in [0.1, 0.15) is 11.3 Å². The molecule has 17 heavy (non-hydrogen) atoms. The number of benzene rings is 1. The van der Waals surface area contributed by atoms with Crippen molar-refractivity contribution in [2.45, 2.75) is 13.3 Å².